The Hall–Kier alpha value is -1.19. The van der Waals surface area contributed by atoms with E-state index >= 15 is 0 Å². The van der Waals surface area contributed by atoms with E-state index in [0.717, 1.165) is 11.3 Å². The molecular weight excluding hydrogens is 233 g/mol. The minimum absolute atomic E-state index is 0.420. The predicted octanol–water partition coefficient (Wildman–Crippen LogP) is 2.89. The largest absolute Gasteiger partial charge is 0.396 e. The van der Waals surface area contributed by atoms with Crippen molar-refractivity contribution in [2.45, 2.75) is 6.42 Å². The van der Waals surface area contributed by atoms with Crippen molar-refractivity contribution in [1.82, 2.24) is 9.97 Å². The Balaban J connectivity index is 2.30. The molecule has 0 aliphatic rings. The highest BCUT2D eigenvalue weighted by molar-refractivity contribution is 6.38. The van der Waals surface area contributed by atoms with Crippen molar-refractivity contribution >= 4 is 28.9 Å². The van der Waals surface area contributed by atoms with Gasteiger partial charge in [-0.05, 0) is 17.7 Å². The van der Waals surface area contributed by atoms with Crippen molar-refractivity contribution in [1.29, 1.82) is 0 Å². The number of nitrogens with one attached hydrogen (secondary N) is 1. The molecule has 0 saturated heterocycles. The molecule has 2 aromatic rings. The van der Waals surface area contributed by atoms with Crippen LogP contribution < -0.4 is 5.73 Å². The van der Waals surface area contributed by atoms with Crippen molar-refractivity contribution in [2.24, 2.45) is 0 Å². The lowest BCUT2D eigenvalue weighted by atomic mass is 10.1. The van der Waals surface area contributed by atoms with E-state index < -0.39 is 0 Å². The highest BCUT2D eigenvalue weighted by atomic mass is 35.5. The second-order valence-corrected chi connectivity index (χ2v) is 4.02. The molecule has 0 saturated carbocycles. The van der Waals surface area contributed by atoms with Crippen LogP contribution in [0.5, 0.6) is 0 Å². The van der Waals surface area contributed by atoms with Gasteiger partial charge in [0.1, 0.15) is 0 Å². The average Bonchev–Trinajstić information content (AvgIpc) is 2.66. The van der Waals surface area contributed by atoms with Crippen LogP contribution in [0.2, 0.25) is 10.0 Å². The van der Waals surface area contributed by atoms with Crippen molar-refractivity contribution in [3.8, 4) is 0 Å². The molecule has 1 heterocycles. The predicted molar refractivity (Wildman–Crippen MR) is 62.3 cm³/mol. The molecule has 5 heteroatoms. The van der Waals surface area contributed by atoms with Crippen LogP contribution in [0, 0.1) is 0 Å². The lowest BCUT2D eigenvalue weighted by molar-refractivity contribution is 1.11. The van der Waals surface area contributed by atoms with Gasteiger partial charge in [-0.15, -0.1) is 0 Å². The van der Waals surface area contributed by atoms with Gasteiger partial charge in [0.05, 0.1) is 27.8 Å². The van der Waals surface area contributed by atoms with Gasteiger partial charge in [-0.1, -0.05) is 23.2 Å². The maximum Gasteiger partial charge on any atom is 0.0923 e. The van der Waals surface area contributed by atoms with E-state index in [1.54, 1.807) is 18.5 Å². The fourth-order valence-electron chi connectivity index (χ4n) is 1.34. The fourth-order valence-corrected chi connectivity index (χ4v) is 1.87. The quantitative estimate of drug-likeness (QED) is 0.795. The molecule has 3 nitrogen and oxygen atoms in total. The van der Waals surface area contributed by atoms with E-state index in [9.17, 15) is 0 Å². The topological polar surface area (TPSA) is 54.7 Å². The monoisotopic (exact) mass is 241 g/mol. The average molecular weight is 242 g/mol. The summed E-state index contributed by atoms with van der Waals surface area (Å²) in [6.45, 7) is 0. The molecule has 0 unspecified atom stereocenters. The summed E-state index contributed by atoms with van der Waals surface area (Å²) < 4.78 is 0. The molecule has 0 atom stereocenters. The number of halogens is 2. The molecule has 0 aliphatic carbocycles. The zero-order chi connectivity index (χ0) is 10.8. The van der Waals surface area contributed by atoms with Crippen LogP contribution in [-0.2, 0) is 6.42 Å². The Kier molecular flexibility index (Phi) is 2.84. The van der Waals surface area contributed by atoms with Crippen LogP contribution in [0.3, 0.4) is 0 Å². The minimum atomic E-state index is 0.420. The minimum Gasteiger partial charge on any atom is -0.396 e. The summed E-state index contributed by atoms with van der Waals surface area (Å²) in [6, 6.07) is 3.61. The molecule has 0 spiro atoms. The lowest BCUT2D eigenvalue weighted by Crippen LogP contribution is -1.93. The number of hydrogen-bond acceptors (Lipinski definition) is 2. The molecule has 0 radical (unpaired) electrons. The number of aromatic amines is 1. The Morgan fingerprint density at radius 3 is 2.47 bits per heavy atom. The van der Waals surface area contributed by atoms with Crippen molar-refractivity contribution in [3.05, 3.63) is 46.0 Å². The van der Waals surface area contributed by atoms with Crippen LogP contribution >= 0.6 is 23.2 Å². The third kappa shape index (κ3) is 2.25. The number of anilines is 1. The van der Waals surface area contributed by atoms with Gasteiger partial charge in [-0.25, -0.2) is 4.98 Å². The Bertz CT molecular complexity index is 443. The van der Waals surface area contributed by atoms with Gasteiger partial charge >= 0.3 is 0 Å². The zero-order valence-corrected chi connectivity index (χ0v) is 9.31. The van der Waals surface area contributed by atoms with Gasteiger partial charge < -0.3 is 10.7 Å². The Labute approximate surface area is 97.2 Å². The van der Waals surface area contributed by atoms with E-state index in [0.29, 0.717) is 22.2 Å². The van der Waals surface area contributed by atoms with Gasteiger partial charge in [-0.2, -0.15) is 0 Å². The molecule has 1 aromatic carbocycles. The molecule has 1 aromatic heterocycles. The van der Waals surface area contributed by atoms with Crippen LogP contribution in [0.1, 0.15) is 11.3 Å². The van der Waals surface area contributed by atoms with E-state index in [-0.39, 0.29) is 0 Å². The van der Waals surface area contributed by atoms with Gasteiger partial charge in [0.15, 0.2) is 0 Å². The highest BCUT2D eigenvalue weighted by Gasteiger charge is 2.06. The first-order valence-electron chi connectivity index (χ1n) is 4.38. The molecule has 0 bridgehead atoms. The van der Waals surface area contributed by atoms with E-state index in [1.807, 2.05) is 6.20 Å². The molecule has 0 fully saturated rings. The van der Waals surface area contributed by atoms with Crippen molar-refractivity contribution in [2.75, 3.05) is 5.73 Å². The van der Waals surface area contributed by atoms with Gasteiger partial charge in [0.2, 0.25) is 0 Å². The molecule has 78 valence electrons. The number of hydrogen-bond donors (Lipinski definition) is 2. The van der Waals surface area contributed by atoms with E-state index in [4.69, 9.17) is 28.9 Å². The maximum absolute atomic E-state index is 5.92. The first-order chi connectivity index (χ1) is 7.16. The summed E-state index contributed by atoms with van der Waals surface area (Å²) in [5.74, 6) is 0. The maximum atomic E-state index is 5.92. The number of nitrogen functional groups attached to an aromatic ring is 1. The van der Waals surface area contributed by atoms with E-state index in [2.05, 4.69) is 9.97 Å². The number of imidazole rings is 1. The van der Waals surface area contributed by atoms with Crippen LogP contribution in [0.4, 0.5) is 5.69 Å². The molecule has 0 aliphatic heterocycles. The first-order valence-corrected chi connectivity index (χ1v) is 5.13. The lowest BCUT2D eigenvalue weighted by Gasteiger charge is -2.04. The van der Waals surface area contributed by atoms with Crippen LogP contribution in [0.15, 0.2) is 24.7 Å². The summed E-state index contributed by atoms with van der Waals surface area (Å²) in [5, 5.41) is 0.959. The fraction of sp³-hybridized carbons (Fsp3) is 0.100. The smallest absolute Gasteiger partial charge is 0.0923 e. The summed E-state index contributed by atoms with van der Waals surface area (Å²) in [7, 11) is 0. The molecule has 3 N–H and O–H groups in total. The van der Waals surface area contributed by atoms with Crippen molar-refractivity contribution in [3.63, 3.8) is 0 Å². The van der Waals surface area contributed by atoms with Crippen molar-refractivity contribution < 1.29 is 0 Å². The van der Waals surface area contributed by atoms with Crippen LogP contribution in [-0.4, -0.2) is 9.97 Å². The van der Waals surface area contributed by atoms with Crippen LogP contribution in [0.25, 0.3) is 0 Å². The zero-order valence-electron chi connectivity index (χ0n) is 7.80. The summed E-state index contributed by atoms with van der Waals surface area (Å²) >= 11 is 11.8. The number of aromatic nitrogens is 2. The second-order valence-electron chi connectivity index (χ2n) is 3.21. The van der Waals surface area contributed by atoms with E-state index in [1.165, 1.54) is 0 Å². The van der Waals surface area contributed by atoms with Gasteiger partial charge in [0.25, 0.3) is 0 Å². The van der Waals surface area contributed by atoms with Gasteiger partial charge in [-0.3, -0.25) is 0 Å². The number of H-pyrrole nitrogens is 1. The third-order valence-electron chi connectivity index (χ3n) is 2.08. The Morgan fingerprint density at radius 1 is 1.27 bits per heavy atom. The molecule has 2 rings (SSSR count). The summed E-state index contributed by atoms with van der Waals surface area (Å²) in [5.41, 5.74) is 7.99. The normalized spacial score (nSPS) is 10.5. The second kappa shape index (κ2) is 4.13. The van der Waals surface area contributed by atoms with Gasteiger partial charge in [0, 0.05) is 12.6 Å². The summed E-state index contributed by atoms with van der Waals surface area (Å²) in [6.07, 6.45) is 4.15. The SMILES string of the molecule is Nc1c(Cl)cc(Cc2c[nH]cn2)cc1Cl. The molecule has 15 heavy (non-hydrogen) atoms. The number of benzene rings is 1. The molecular formula is C10H9Cl2N3. The number of rotatable bonds is 2. The highest BCUT2D eigenvalue weighted by Crippen LogP contribution is 2.29. The third-order valence-corrected chi connectivity index (χ3v) is 2.70. The standard InChI is InChI=1S/C10H9Cl2N3/c11-8-2-6(3-9(12)10(8)13)1-7-4-14-5-15-7/h2-5H,1,13H2,(H,14,15). The Morgan fingerprint density at radius 2 is 1.93 bits per heavy atom. The summed E-state index contributed by atoms with van der Waals surface area (Å²) in [4.78, 5) is 7.01. The number of nitrogens with zero attached hydrogens (tertiary/aromatic N) is 1. The molecule has 0 amide bonds. The number of nitrogens with two attached hydrogens (primary N) is 1. The first kappa shape index (κ1) is 10.3.